The summed E-state index contributed by atoms with van der Waals surface area (Å²) in [5, 5.41) is 2.68. The van der Waals surface area contributed by atoms with Crippen molar-refractivity contribution in [1.82, 2.24) is 10.4 Å². The van der Waals surface area contributed by atoms with Crippen molar-refractivity contribution in [1.29, 1.82) is 0 Å². The van der Waals surface area contributed by atoms with Crippen molar-refractivity contribution >= 4 is 0 Å². The second-order valence-corrected chi connectivity index (χ2v) is 5.90. The lowest BCUT2D eigenvalue weighted by Gasteiger charge is -2.41. The molecule has 2 rings (SSSR count). The Balaban J connectivity index is 1.90. The van der Waals surface area contributed by atoms with Crippen LogP contribution in [0.1, 0.15) is 77.6 Å². The maximum absolute atomic E-state index is 3.74. The van der Waals surface area contributed by atoms with E-state index in [2.05, 4.69) is 17.4 Å². The molecule has 2 nitrogen and oxygen atoms in total. The monoisotopic (exact) mass is 238 g/mol. The standard InChI is InChI=1S/C15H30N2/c1-2-13-16-17(14-9-5-3-6-10-14)15-11-7-4-8-12-15/h14-16H,2-13H2,1H3. The van der Waals surface area contributed by atoms with Crippen LogP contribution in [-0.2, 0) is 0 Å². The SMILES string of the molecule is CCCNN(C1CCCCC1)C1CCCCC1. The van der Waals surface area contributed by atoms with Gasteiger partial charge in [-0.1, -0.05) is 45.4 Å². The molecule has 0 bridgehead atoms. The smallest absolute Gasteiger partial charge is 0.0246 e. The number of hydrogen-bond donors (Lipinski definition) is 1. The predicted molar refractivity (Wildman–Crippen MR) is 73.9 cm³/mol. The minimum absolute atomic E-state index is 0.832. The average molecular weight is 238 g/mol. The first-order valence-corrected chi connectivity index (χ1v) is 7.93. The van der Waals surface area contributed by atoms with E-state index in [-0.39, 0.29) is 0 Å². The van der Waals surface area contributed by atoms with Gasteiger partial charge < -0.3 is 0 Å². The van der Waals surface area contributed by atoms with Crippen LogP contribution in [0, 0.1) is 0 Å². The molecule has 2 heteroatoms. The fourth-order valence-corrected chi connectivity index (χ4v) is 3.52. The molecule has 0 amide bonds. The highest BCUT2D eigenvalue weighted by atomic mass is 15.5. The molecule has 0 spiro atoms. The lowest BCUT2D eigenvalue weighted by molar-refractivity contribution is 0.0294. The minimum atomic E-state index is 0.832. The lowest BCUT2D eigenvalue weighted by atomic mass is 9.90. The Morgan fingerprint density at radius 3 is 1.71 bits per heavy atom. The molecular weight excluding hydrogens is 208 g/mol. The van der Waals surface area contributed by atoms with Gasteiger partial charge in [-0.25, -0.2) is 5.01 Å². The normalized spacial score (nSPS) is 24.4. The molecule has 17 heavy (non-hydrogen) atoms. The Kier molecular flexibility index (Phi) is 5.79. The van der Waals surface area contributed by atoms with E-state index in [4.69, 9.17) is 0 Å². The zero-order valence-electron chi connectivity index (χ0n) is 11.6. The first-order chi connectivity index (χ1) is 8.42. The molecule has 1 N–H and O–H groups in total. The summed E-state index contributed by atoms with van der Waals surface area (Å²) in [5.41, 5.74) is 3.74. The van der Waals surface area contributed by atoms with Crippen LogP contribution in [0.2, 0.25) is 0 Å². The van der Waals surface area contributed by atoms with Gasteiger partial charge >= 0.3 is 0 Å². The zero-order valence-corrected chi connectivity index (χ0v) is 11.6. The van der Waals surface area contributed by atoms with Crippen LogP contribution in [0.5, 0.6) is 0 Å². The van der Waals surface area contributed by atoms with E-state index >= 15 is 0 Å². The third kappa shape index (κ3) is 3.96. The third-order valence-corrected chi connectivity index (χ3v) is 4.48. The van der Waals surface area contributed by atoms with E-state index in [9.17, 15) is 0 Å². The first-order valence-electron chi connectivity index (χ1n) is 7.93. The van der Waals surface area contributed by atoms with Crippen molar-refractivity contribution in [2.24, 2.45) is 0 Å². The van der Waals surface area contributed by atoms with Gasteiger partial charge in [-0.05, 0) is 32.1 Å². The number of hydrazine groups is 1. The van der Waals surface area contributed by atoms with Crippen molar-refractivity contribution in [2.75, 3.05) is 6.54 Å². The van der Waals surface area contributed by atoms with Crippen LogP contribution in [-0.4, -0.2) is 23.6 Å². The van der Waals surface area contributed by atoms with Crippen molar-refractivity contribution in [3.63, 3.8) is 0 Å². The Morgan fingerprint density at radius 1 is 0.824 bits per heavy atom. The van der Waals surface area contributed by atoms with Gasteiger partial charge in [-0.2, -0.15) is 0 Å². The Labute approximate surface area is 107 Å². The number of nitrogens with zero attached hydrogens (tertiary/aromatic N) is 1. The van der Waals surface area contributed by atoms with Crippen molar-refractivity contribution in [3.05, 3.63) is 0 Å². The van der Waals surface area contributed by atoms with Gasteiger partial charge in [0.25, 0.3) is 0 Å². The van der Waals surface area contributed by atoms with Gasteiger partial charge in [0.1, 0.15) is 0 Å². The van der Waals surface area contributed by atoms with Gasteiger partial charge in [0, 0.05) is 18.6 Å². The molecular formula is C15H30N2. The van der Waals surface area contributed by atoms with E-state index in [1.54, 1.807) is 0 Å². The summed E-state index contributed by atoms with van der Waals surface area (Å²) in [4.78, 5) is 0. The average Bonchev–Trinajstić information content (AvgIpc) is 2.42. The maximum atomic E-state index is 3.74. The lowest BCUT2D eigenvalue weighted by Crippen LogP contribution is -2.53. The largest absolute Gasteiger partial charge is 0.255 e. The summed E-state index contributed by atoms with van der Waals surface area (Å²) in [6, 6.07) is 1.66. The Morgan fingerprint density at radius 2 is 1.29 bits per heavy atom. The molecule has 2 aliphatic carbocycles. The molecule has 2 saturated carbocycles. The fourth-order valence-electron chi connectivity index (χ4n) is 3.52. The Bertz CT molecular complexity index is 175. The van der Waals surface area contributed by atoms with Crippen LogP contribution in [0.25, 0.3) is 0 Å². The highest BCUT2D eigenvalue weighted by molar-refractivity contribution is 4.81. The predicted octanol–water partition coefficient (Wildman–Crippen LogP) is 3.87. The van der Waals surface area contributed by atoms with Crippen molar-refractivity contribution in [2.45, 2.75) is 89.6 Å². The van der Waals surface area contributed by atoms with E-state index in [0.717, 1.165) is 18.6 Å². The molecule has 0 aliphatic heterocycles. The number of nitrogens with one attached hydrogen (secondary N) is 1. The quantitative estimate of drug-likeness (QED) is 0.732. The van der Waals surface area contributed by atoms with Gasteiger partial charge in [0.2, 0.25) is 0 Å². The van der Waals surface area contributed by atoms with Crippen LogP contribution in [0.4, 0.5) is 0 Å². The van der Waals surface area contributed by atoms with Crippen LogP contribution in [0.15, 0.2) is 0 Å². The Hall–Kier alpha value is -0.0800. The molecule has 0 saturated heterocycles. The number of hydrogen-bond acceptors (Lipinski definition) is 2. The summed E-state index contributed by atoms with van der Waals surface area (Å²) >= 11 is 0. The molecule has 0 atom stereocenters. The molecule has 2 aliphatic rings. The molecule has 2 fully saturated rings. The molecule has 0 aromatic heterocycles. The van der Waals surface area contributed by atoms with Crippen LogP contribution < -0.4 is 5.43 Å². The summed E-state index contributed by atoms with van der Waals surface area (Å²) in [6.45, 7) is 3.43. The maximum Gasteiger partial charge on any atom is 0.0246 e. The van der Waals surface area contributed by atoms with Gasteiger partial charge in [0.15, 0.2) is 0 Å². The second kappa shape index (κ2) is 7.38. The van der Waals surface area contributed by atoms with E-state index < -0.39 is 0 Å². The summed E-state index contributed by atoms with van der Waals surface area (Å²) in [5.74, 6) is 0. The van der Waals surface area contributed by atoms with Crippen LogP contribution in [0.3, 0.4) is 0 Å². The van der Waals surface area contributed by atoms with Gasteiger partial charge in [-0.15, -0.1) is 0 Å². The van der Waals surface area contributed by atoms with Gasteiger partial charge in [-0.3, -0.25) is 5.43 Å². The first kappa shape index (κ1) is 13.4. The zero-order chi connectivity index (χ0) is 11.9. The summed E-state index contributed by atoms with van der Waals surface area (Å²) in [6.07, 6.45) is 15.6. The number of rotatable bonds is 5. The van der Waals surface area contributed by atoms with E-state index in [0.29, 0.717) is 0 Å². The minimum Gasteiger partial charge on any atom is -0.255 e. The van der Waals surface area contributed by atoms with Crippen LogP contribution >= 0.6 is 0 Å². The molecule has 0 aromatic rings. The highest BCUT2D eigenvalue weighted by Crippen LogP contribution is 2.28. The summed E-state index contributed by atoms with van der Waals surface area (Å²) < 4.78 is 0. The van der Waals surface area contributed by atoms with Crippen molar-refractivity contribution < 1.29 is 0 Å². The summed E-state index contributed by atoms with van der Waals surface area (Å²) in [7, 11) is 0. The second-order valence-electron chi connectivity index (χ2n) is 5.90. The third-order valence-electron chi connectivity index (χ3n) is 4.48. The van der Waals surface area contributed by atoms with Crippen molar-refractivity contribution in [3.8, 4) is 0 Å². The molecule has 0 aromatic carbocycles. The van der Waals surface area contributed by atoms with E-state index in [1.807, 2.05) is 0 Å². The molecule has 0 radical (unpaired) electrons. The van der Waals surface area contributed by atoms with Gasteiger partial charge in [0.05, 0.1) is 0 Å². The topological polar surface area (TPSA) is 15.3 Å². The highest BCUT2D eigenvalue weighted by Gasteiger charge is 2.28. The molecule has 100 valence electrons. The fraction of sp³-hybridized carbons (Fsp3) is 1.00. The molecule has 0 unspecified atom stereocenters. The van der Waals surface area contributed by atoms with E-state index in [1.165, 1.54) is 70.6 Å². The molecule has 0 heterocycles.